The van der Waals surface area contributed by atoms with Gasteiger partial charge in [0.2, 0.25) is 0 Å². The molecule has 0 heterocycles. The summed E-state index contributed by atoms with van der Waals surface area (Å²) >= 11 is 0. The van der Waals surface area contributed by atoms with Crippen molar-refractivity contribution in [3.05, 3.63) is 65.2 Å². The van der Waals surface area contributed by atoms with Gasteiger partial charge in [-0.3, -0.25) is 4.79 Å². The first kappa shape index (κ1) is 15.6. The maximum Gasteiger partial charge on any atom is 0.337 e. The summed E-state index contributed by atoms with van der Waals surface area (Å²) in [5.74, 6) is -0.620. The lowest BCUT2D eigenvalue weighted by Crippen LogP contribution is -2.03. The van der Waals surface area contributed by atoms with E-state index in [-0.39, 0.29) is 12.4 Å². The van der Waals surface area contributed by atoms with Crippen LogP contribution in [0.15, 0.2) is 48.5 Å². The van der Waals surface area contributed by atoms with Gasteiger partial charge in [0, 0.05) is 0 Å². The SMILES string of the molecule is COC(=O)c1cccc(COc2ccc(CC(=O)O)cc2)c1. The number of carbonyl (C=O) groups is 2. The molecule has 0 saturated carbocycles. The third kappa shape index (κ3) is 4.34. The van der Waals surface area contributed by atoms with Gasteiger partial charge in [-0.1, -0.05) is 24.3 Å². The van der Waals surface area contributed by atoms with Crippen LogP contribution in [0.4, 0.5) is 0 Å². The molecule has 2 aromatic rings. The van der Waals surface area contributed by atoms with E-state index in [1.165, 1.54) is 7.11 Å². The summed E-state index contributed by atoms with van der Waals surface area (Å²) in [6.45, 7) is 0.309. The van der Waals surface area contributed by atoms with Crippen LogP contribution in [0.3, 0.4) is 0 Å². The number of hydrogen-bond acceptors (Lipinski definition) is 4. The van der Waals surface area contributed by atoms with E-state index in [0.717, 1.165) is 5.56 Å². The molecule has 0 unspecified atom stereocenters. The van der Waals surface area contributed by atoms with Crippen molar-refractivity contribution < 1.29 is 24.2 Å². The van der Waals surface area contributed by atoms with Crippen molar-refractivity contribution in [1.82, 2.24) is 0 Å². The smallest absolute Gasteiger partial charge is 0.337 e. The maximum atomic E-state index is 11.5. The van der Waals surface area contributed by atoms with Gasteiger partial charge in [0.25, 0.3) is 0 Å². The molecule has 5 heteroatoms. The molecule has 0 spiro atoms. The molecule has 0 aliphatic heterocycles. The molecular weight excluding hydrogens is 284 g/mol. The minimum absolute atomic E-state index is 0.0124. The Kier molecular flexibility index (Phi) is 5.14. The molecule has 0 radical (unpaired) electrons. The van der Waals surface area contributed by atoms with E-state index in [4.69, 9.17) is 9.84 Å². The Hall–Kier alpha value is -2.82. The second-order valence-electron chi connectivity index (χ2n) is 4.70. The predicted molar refractivity (Wildman–Crippen MR) is 79.9 cm³/mol. The zero-order valence-corrected chi connectivity index (χ0v) is 12.1. The first-order chi connectivity index (χ1) is 10.6. The number of ether oxygens (including phenoxy) is 2. The number of aliphatic carboxylic acids is 1. The highest BCUT2D eigenvalue weighted by Gasteiger charge is 2.06. The first-order valence-electron chi connectivity index (χ1n) is 6.69. The van der Waals surface area contributed by atoms with Gasteiger partial charge >= 0.3 is 11.9 Å². The van der Waals surface area contributed by atoms with Crippen LogP contribution >= 0.6 is 0 Å². The third-order valence-corrected chi connectivity index (χ3v) is 3.03. The zero-order chi connectivity index (χ0) is 15.9. The van der Waals surface area contributed by atoms with Crippen LogP contribution in [0.1, 0.15) is 21.5 Å². The van der Waals surface area contributed by atoms with Gasteiger partial charge in [-0.2, -0.15) is 0 Å². The number of benzene rings is 2. The second kappa shape index (κ2) is 7.26. The van der Waals surface area contributed by atoms with Crippen LogP contribution in [-0.4, -0.2) is 24.2 Å². The third-order valence-electron chi connectivity index (χ3n) is 3.03. The highest BCUT2D eigenvalue weighted by Crippen LogP contribution is 2.15. The lowest BCUT2D eigenvalue weighted by molar-refractivity contribution is -0.136. The largest absolute Gasteiger partial charge is 0.489 e. The molecule has 0 aromatic heterocycles. The van der Waals surface area contributed by atoms with Gasteiger partial charge in [0.05, 0.1) is 19.1 Å². The van der Waals surface area contributed by atoms with E-state index in [2.05, 4.69) is 4.74 Å². The van der Waals surface area contributed by atoms with Crippen molar-refractivity contribution in [2.24, 2.45) is 0 Å². The summed E-state index contributed by atoms with van der Waals surface area (Å²) in [4.78, 5) is 22.1. The van der Waals surface area contributed by atoms with E-state index >= 15 is 0 Å². The summed E-state index contributed by atoms with van der Waals surface area (Å²) in [6.07, 6.45) is -0.0124. The average Bonchev–Trinajstić information content (AvgIpc) is 2.53. The molecule has 0 fully saturated rings. The molecule has 22 heavy (non-hydrogen) atoms. The van der Waals surface area contributed by atoms with Crippen LogP contribution in [0.5, 0.6) is 5.75 Å². The van der Waals surface area contributed by atoms with E-state index in [1.807, 2.05) is 6.07 Å². The zero-order valence-electron chi connectivity index (χ0n) is 12.1. The molecule has 2 rings (SSSR count). The van der Waals surface area contributed by atoms with Crippen molar-refractivity contribution in [1.29, 1.82) is 0 Å². The standard InChI is InChI=1S/C17H16O5/c1-21-17(20)14-4-2-3-13(9-14)11-22-15-7-5-12(6-8-15)10-16(18)19/h2-9H,10-11H2,1H3,(H,18,19). The van der Waals surface area contributed by atoms with E-state index < -0.39 is 5.97 Å². The van der Waals surface area contributed by atoms with E-state index in [1.54, 1.807) is 42.5 Å². The fraction of sp³-hybridized carbons (Fsp3) is 0.176. The molecule has 0 aliphatic carbocycles. The van der Waals surface area contributed by atoms with Crippen LogP contribution < -0.4 is 4.74 Å². The molecule has 0 atom stereocenters. The fourth-order valence-electron chi connectivity index (χ4n) is 1.95. The van der Waals surface area contributed by atoms with Crippen molar-refractivity contribution in [3.63, 3.8) is 0 Å². The molecule has 5 nitrogen and oxygen atoms in total. The molecule has 114 valence electrons. The lowest BCUT2D eigenvalue weighted by atomic mass is 10.1. The number of rotatable bonds is 6. The Morgan fingerprint density at radius 1 is 1.05 bits per heavy atom. The minimum atomic E-state index is -0.867. The molecule has 2 aromatic carbocycles. The monoisotopic (exact) mass is 300 g/mol. The Morgan fingerprint density at radius 2 is 1.77 bits per heavy atom. The maximum absolute atomic E-state index is 11.5. The Balaban J connectivity index is 1.98. The highest BCUT2D eigenvalue weighted by atomic mass is 16.5. The summed E-state index contributed by atoms with van der Waals surface area (Å²) in [5, 5.41) is 8.71. The van der Waals surface area contributed by atoms with Crippen LogP contribution in [-0.2, 0) is 22.6 Å². The number of carbonyl (C=O) groups excluding carboxylic acids is 1. The molecule has 0 saturated heterocycles. The minimum Gasteiger partial charge on any atom is -0.489 e. The number of hydrogen-bond donors (Lipinski definition) is 1. The Bertz CT molecular complexity index is 661. The van der Waals surface area contributed by atoms with Crippen molar-refractivity contribution in [2.45, 2.75) is 13.0 Å². The van der Waals surface area contributed by atoms with E-state index in [0.29, 0.717) is 23.5 Å². The summed E-state index contributed by atoms with van der Waals surface area (Å²) in [5.41, 5.74) is 2.03. The van der Waals surface area contributed by atoms with Crippen molar-refractivity contribution in [2.75, 3.05) is 7.11 Å². The van der Waals surface area contributed by atoms with E-state index in [9.17, 15) is 9.59 Å². The Labute approximate surface area is 128 Å². The average molecular weight is 300 g/mol. The topological polar surface area (TPSA) is 72.8 Å². The number of carboxylic acid groups (broad SMARTS) is 1. The quantitative estimate of drug-likeness (QED) is 0.830. The summed E-state index contributed by atoms with van der Waals surface area (Å²) in [7, 11) is 1.34. The van der Waals surface area contributed by atoms with Crippen LogP contribution in [0.25, 0.3) is 0 Å². The molecule has 0 bridgehead atoms. The molecule has 0 aliphatic rings. The van der Waals surface area contributed by atoms with Crippen LogP contribution in [0.2, 0.25) is 0 Å². The van der Waals surface area contributed by atoms with Gasteiger partial charge in [-0.25, -0.2) is 4.79 Å². The predicted octanol–water partition coefficient (Wildman–Crippen LogP) is 2.68. The molecule has 1 N–H and O–H groups in total. The Morgan fingerprint density at radius 3 is 2.41 bits per heavy atom. The van der Waals surface area contributed by atoms with Crippen molar-refractivity contribution in [3.8, 4) is 5.75 Å². The summed E-state index contributed by atoms with van der Waals surface area (Å²) < 4.78 is 10.3. The number of carboxylic acids is 1. The summed E-state index contributed by atoms with van der Waals surface area (Å²) in [6, 6.07) is 13.9. The van der Waals surface area contributed by atoms with Gasteiger partial charge in [0.15, 0.2) is 0 Å². The highest BCUT2D eigenvalue weighted by molar-refractivity contribution is 5.89. The van der Waals surface area contributed by atoms with Crippen molar-refractivity contribution >= 4 is 11.9 Å². The van der Waals surface area contributed by atoms with Gasteiger partial charge in [-0.15, -0.1) is 0 Å². The fourth-order valence-corrected chi connectivity index (χ4v) is 1.95. The first-order valence-corrected chi connectivity index (χ1v) is 6.69. The molecule has 0 amide bonds. The number of esters is 1. The van der Waals surface area contributed by atoms with Gasteiger partial charge in [-0.05, 0) is 35.4 Å². The van der Waals surface area contributed by atoms with Gasteiger partial charge in [0.1, 0.15) is 12.4 Å². The van der Waals surface area contributed by atoms with Gasteiger partial charge < -0.3 is 14.6 Å². The lowest BCUT2D eigenvalue weighted by Gasteiger charge is -2.08. The number of methoxy groups -OCH3 is 1. The van der Waals surface area contributed by atoms with Crippen LogP contribution in [0, 0.1) is 0 Å². The molecular formula is C17H16O5. The second-order valence-corrected chi connectivity index (χ2v) is 4.70. The normalized spacial score (nSPS) is 10.0.